The molecule has 22 heavy (non-hydrogen) atoms. The van der Waals surface area contributed by atoms with Crippen LogP contribution in [-0.4, -0.2) is 38.8 Å². The third-order valence-electron chi connectivity index (χ3n) is 3.05. The summed E-state index contributed by atoms with van der Waals surface area (Å²) in [6.45, 7) is 7.49. The van der Waals surface area contributed by atoms with Crippen LogP contribution < -0.4 is 15.8 Å². The topological polar surface area (TPSA) is 73.6 Å². The van der Waals surface area contributed by atoms with Crippen molar-refractivity contribution in [3.63, 3.8) is 0 Å². The van der Waals surface area contributed by atoms with Gasteiger partial charge < -0.3 is 20.5 Å². The molecular formula is C16H27ClN2O3. The molecule has 0 saturated heterocycles. The molecule has 0 radical (unpaired) electrons. The second-order valence-electron chi connectivity index (χ2n) is 5.98. The molecule has 0 heterocycles. The molecule has 3 N–H and O–H groups in total. The van der Waals surface area contributed by atoms with Crippen molar-refractivity contribution < 1.29 is 14.3 Å². The third-order valence-corrected chi connectivity index (χ3v) is 3.05. The molecule has 1 rings (SSSR count). The number of benzene rings is 1. The predicted octanol–water partition coefficient (Wildman–Crippen LogP) is 1.87. The van der Waals surface area contributed by atoms with Gasteiger partial charge in [0.15, 0.2) is 0 Å². The number of nitrogens with one attached hydrogen (secondary N) is 1. The summed E-state index contributed by atoms with van der Waals surface area (Å²) >= 11 is 0. The van der Waals surface area contributed by atoms with Crippen LogP contribution in [0.4, 0.5) is 0 Å². The van der Waals surface area contributed by atoms with Crippen molar-refractivity contribution in [3.8, 4) is 5.75 Å². The lowest BCUT2D eigenvalue weighted by atomic mass is 9.87. The van der Waals surface area contributed by atoms with Gasteiger partial charge >= 0.3 is 0 Å². The molecule has 0 spiro atoms. The minimum atomic E-state index is -0.640. The predicted molar refractivity (Wildman–Crippen MR) is 90.7 cm³/mol. The Morgan fingerprint density at radius 1 is 1.36 bits per heavy atom. The summed E-state index contributed by atoms with van der Waals surface area (Å²) in [5.41, 5.74) is 6.91. The van der Waals surface area contributed by atoms with Gasteiger partial charge in [-0.05, 0) is 23.1 Å². The van der Waals surface area contributed by atoms with E-state index in [4.69, 9.17) is 15.2 Å². The van der Waals surface area contributed by atoms with Gasteiger partial charge in [-0.1, -0.05) is 32.9 Å². The Bertz CT molecular complexity index is 461. The monoisotopic (exact) mass is 330 g/mol. The number of ether oxygens (including phenoxy) is 2. The molecule has 0 aliphatic heterocycles. The fourth-order valence-electron chi connectivity index (χ4n) is 1.78. The van der Waals surface area contributed by atoms with Gasteiger partial charge in [-0.15, -0.1) is 12.4 Å². The lowest BCUT2D eigenvalue weighted by Crippen LogP contribution is -2.44. The molecule has 0 saturated carbocycles. The van der Waals surface area contributed by atoms with Crippen LogP contribution in [0.25, 0.3) is 0 Å². The Labute approximate surface area is 139 Å². The molecule has 1 aromatic carbocycles. The third kappa shape index (κ3) is 7.11. The van der Waals surface area contributed by atoms with Crippen molar-refractivity contribution >= 4 is 18.3 Å². The molecule has 1 unspecified atom stereocenters. The number of nitrogens with two attached hydrogens (primary N) is 1. The van der Waals surface area contributed by atoms with Gasteiger partial charge in [0.2, 0.25) is 5.91 Å². The first kappa shape index (κ1) is 20.7. The standard InChI is InChI=1S/C16H26N2O3.ClH/c1-16(2,3)12-6-5-7-13(10-12)21-9-8-18-15(19)14(17)11-20-4;/h5-7,10,14H,8-9,11,17H2,1-4H3,(H,18,19);1H. The number of carbonyl (C=O) groups is 1. The molecule has 0 aromatic heterocycles. The van der Waals surface area contributed by atoms with Crippen molar-refractivity contribution in [3.05, 3.63) is 29.8 Å². The van der Waals surface area contributed by atoms with E-state index in [1.807, 2.05) is 18.2 Å². The average molecular weight is 331 g/mol. The Morgan fingerprint density at radius 2 is 2.05 bits per heavy atom. The summed E-state index contributed by atoms with van der Waals surface area (Å²) in [7, 11) is 1.51. The summed E-state index contributed by atoms with van der Waals surface area (Å²) in [5, 5.41) is 2.71. The van der Waals surface area contributed by atoms with Crippen LogP contribution >= 0.6 is 12.4 Å². The van der Waals surface area contributed by atoms with Crippen molar-refractivity contribution in [1.82, 2.24) is 5.32 Å². The van der Waals surface area contributed by atoms with Crippen LogP contribution in [0.3, 0.4) is 0 Å². The molecular weight excluding hydrogens is 304 g/mol. The minimum Gasteiger partial charge on any atom is -0.492 e. The van der Waals surface area contributed by atoms with E-state index in [9.17, 15) is 4.79 Å². The Kier molecular flexibility index (Phi) is 9.09. The second kappa shape index (κ2) is 9.66. The quantitative estimate of drug-likeness (QED) is 0.749. The molecule has 5 nitrogen and oxygen atoms in total. The van der Waals surface area contributed by atoms with E-state index in [0.29, 0.717) is 13.2 Å². The molecule has 1 aromatic rings. The molecule has 0 aliphatic rings. The molecule has 6 heteroatoms. The van der Waals surface area contributed by atoms with E-state index in [0.717, 1.165) is 5.75 Å². The zero-order valence-electron chi connectivity index (χ0n) is 13.7. The maximum Gasteiger partial charge on any atom is 0.239 e. The highest BCUT2D eigenvalue weighted by atomic mass is 35.5. The number of hydrogen-bond acceptors (Lipinski definition) is 4. The van der Waals surface area contributed by atoms with Gasteiger partial charge in [0.1, 0.15) is 18.4 Å². The van der Waals surface area contributed by atoms with Gasteiger partial charge in [0, 0.05) is 7.11 Å². The minimum absolute atomic E-state index is 0. The first-order valence-electron chi connectivity index (χ1n) is 7.10. The summed E-state index contributed by atoms with van der Waals surface area (Å²) in [5.74, 6) is 0.571. The lowest BCUT2D eigenvalue weighted by Gasteiger charge is -2.19. The molecule has 0 aliphatic carbocycles. The van der Waals surface area contributed by atoms with E-state index < -0.39 is 6.04 Å². The summed E-state index contributed by atoms with van der Waals surface area (Å²) < 4.78 is 10.5. The van der Waals surface area contributed by atoms with Gasteiger partial charge in [0.05, 0.1) is 13.2 Å². The molecule has 1 amide bonds. The Balaban J connectivity index is 0.00000441. The molecule has 0 bridgehead atoms. The van der Waals surface area contributed by atoms with Gasteiger partial charge in [-0.25, -0.2) is 0 Å². The van der Waals surface area contributed by atoms with Gasteiger partial charge in [-0.2, -0.15) is 0 Å². The van der Waals surface area contributed by atoms with E-state index in [-0.39, 0.29) is 30.3 Å². The Hall–Kier alpha value is -1.30. The normalized spacial score (nSPS) is 12.2. The van der Waals surface area contributed by atoms with E-state index in [2.05, 4.69) is 32.2 Å². The second-order valence-corrected chi connectivity index (χ2v) is 5.98. The molecule has 0 fully saturated rings. The van der Waals surface area contributed by atoms with Crippen LogP contribution in [0, 0.1) is 0 Å². The fraction of sp³-hybridized carbons (Fsp3) is 0.562. The van der Waals surface area contributed by atoms with Crippen molar-refractivity contribution in [2.24, 2.45) is 5.73 Å². The zero-order valence-corrected chi connectivity index (χ0v) is 14.5. The maximum atomic E-state index is 11.6. The van der Waals surface area contributed by atoms with Crippen LogP contribution in [0.15, 0.2) is 24.3 Å². The van der Waals surface area contributed by atoms with Gasteiger partial charge in [-0.3, -0.25) is 4.79 Å². The maximum absolute atomic E-state index is 11.6. The summed E-state index contributed by atoms with van der Waals surface area (Å²) in [6, 6.07) is 7.35. The van der Waals surface area contributed by atoms with E-state index in [1.165, 1.54) is 12.7 Å². The van der Waals surface area contributed by atoms with Crippen LogP contribution in [0.1, 0.15) is 26.3 Å². The first-order valence-corrected chi connectivity index (χ1v) is 7.10. The zero-order chi connectivity index (χ0) is 15.9. The number of carbonyl (C=O) groups excluding carboxylic acids is 1. The summed E-state index contributed by atoms with van der Waals surface area (Å²) in [4.78, 5) is 11.6. The number of amides is 1. The van der Waals surface area contributed by atoms with Crippen LogP contribution in [0.5, 0.6) is 5.75 Å². The number of halogens is 1. The fourth-order valence-corrected chi connectivity index (χ4v) is 1.78. The highest BCUT2D eigenvalue weighted by molar-refractivity contribution is 5.85. The highest BCUT2D eigenvalue weighted by Gasteiger charge is 2.14. The lowest BCUT2D eigenvalue weighted by molar-refractivity contribution is -0.123. The van der Waals surface area contributed by atoms with Crippen LogP contribution in [-0.2, 0) is 14.9 Å². The number of methoxy groups -OCH3 is 1. The van der Waals surface area contributed by atoms with E-state index in [1.54, 1.807) is 0 Å². The Morgan fingerprint density at radius 3 is 2.64 bits per heavy atom. The van der Waals surface area contributed by atoms with Crippen molar-refractivity contribution in [2.75, 3.05) is 26.9 Å². The summed E-state index contributed by atoms with van der Waals surface area (Å²) in [6.07, 6.45) is 0. The van der Waals surface area contributed by atoms with Gasteiger partial charge in [0.25, 0.3) is 0 Å². The largest absolute Gasteiger partial charge is 0.492 e. The SMILES string of the molecule is COCC(N)C(=O)NCCOc1cccc(C(C)(C)C)c1.Cl. The van der Waals surface area contributed by atoms with Crippen LogP contribution in [0.2, 0.25) is 0 Å². The van der Waals surface area contributed by atoms with E-state index >= 15 is 0 Å². The first-order chi connectivity index (χ1) is 9.84. The van der Waals surface area contributed by atoms with Crippen molar-refractivity contribution in [2.45, 2.75) is 32.2 Å². The number of hydrogen-bond donors (Lipinski definition) is 2. The number of rotatable bonds is 7. The molecule has 126 valence electrons. The average Bonchev–Trinajstić information content (AvgIpc) is 2.43. The van der Waals surface area contributed by atoms with Crippen molar-refractivity contribution in [1.29, 1.82) is 0 Å². The smallest absolute Gasteiger partial charge is 0.239 e. The molecule has 1 atom stereocenters. The highest BCUT2D eigenvalue weighted by Crippen LogP contribution is 2.25.